The number of nitrogens with two attached hydrogens (primary N) is 1. The van der Waals surface area contributed by atoms with Gasteiger partial charge in [0.2, 0.25) is 5.91 Å². The minimum atomic E-state index is -0.962. The first kappa shape index (κ1) is 18.7. The second-order valence-corrected chi connectivity index (χ2v) is 7.81. The maximum absolute atomic E-state index is 13.1. The number of amides is 2. The second kappa shape index (κ2) is 6.86. The molecule has 2 atom stereocenters. The van der Waals surface area contributed by atoms with Gasteiger partial charge >= 0.3 is 0 Å². The number of carbonyl (C=O) groups excluding carboxylic acids is 2. The first-order chi connectivity index (χ1) is 14.5. The Labute approximate surface area is 173 Å². The van der Waals surface area contributed by atoms with Crippen molar-refractivity contribution in [2.45, 2.75) is 18.6 Å². The van der Waals surface area contributed by atoms with Gasteiger partial charge in [-0.25, -0.2) is 0 Å². The molecule has 5 N–H and O–H groups in total. The van der Waals surface area contributed by atoms with Crippen LogP contribution in [0, 0.1) is 0 Å². The molecule has 2 aromatic carbocycles. The van der Waals surface area contributed by atoms with Crippen molar-refractivity contribution in [3.05, 3.63) is 59.3 Å². The molecule has 1 aromatic heterocycles. The number of benzene rings is 2. The topological polar surface area (TPSA) is 115 Å². The predicted molar refractivity (Wildman–Crippen MR) is 114 cm³/mol. The lowest BCUT2D eigenvalue weighted by Gasteiger charge is -2.46. The monoisotopic (exact) mass is 405 g/mol. The minimum absolute atomic E-state index is 0.0453. The summed E-state index contributed by atoms with van der Waals surface area (Å²) in [6.45, 7) is 0.209. The van der Waals surface area contributed by atoms with Gasteiger partial charge in [-0.1, -0.05) is 12.1 Å². The summed E-state index contributed by atoms with van der Waals surface area (Å²) in [6, 6.07) is 12.3. The number of aliphatic hydroxyl groups excluding tert-OH is 1. The van der Waals surface area contributed by atoms with Gasteiger partial charge in [0.05, 0.1) is 23.6 Å². The Balaban J connectivity index is 1.56. The molecule has 0 aliphatic carbocycles. The molecule has 0 saturated heterocycles. The Kier molecular flexibility index (Phi) is 4.27. The van der Waals surface area contributed by atoms with Crippen LogP contribution in [0.3, 0.4) is 0 Å². The number of aliphatic hydroxyl groups is 1. The van der Waals surface area contributed by atoms with Crippen molar-refractivity contribution in [1.82, 2.24) is 9.88 Å². The fourth-order valence-electron chi connectivity index (χ4n) is 4.53. The summed E-state index contributed by atoms with van der Waals surface area (Å²) in [5.74, 6) is -0.384. The van der Waals surface area contributed by atoms with Crippen LogP contribution in [-0.2, 0) is 11.2 Å². The van der Waals surface area contributed by atoms with Crippen molar-refractivity contribution >= 4 is 34.1 Å². The average Bonchev–Trinajstić information content (AvgIpc) is 3.14. The van der Waals surface area contributed by atoms with Crippen LogP contribution in [0.5, 0.6) is 0 Å². The lowest BCUT2D eigenvalue weighted by Crippen LogP contribution is -2.51. The quantitative estimate of drug-likeness (QED) is 0.528. The molecule has 8 heteroatoms. The molecule has 2 aliphatic rings. The van der Waals surface area contributed by atoms with Crippen molar-refractivity contribution in [1.29, 1.82) is 0 Å². The summed E-state index contributed by atoms with van der Waals surface area (Å²) in [6.07, 6.45) is 0.519. The number of nitrogens with one attached hydrogen (secondary N) is 2. The lowest BCUT2D eigenvalue weighted by molar-refractivity contribution is -0.118. The molecule has 2 unspecified atom stereocenters. The van der Waals surface area contributed by atoms with E-state index in [-0.39, 0.29) is 12.1 Å². The van der Waals surface area contributed by atoms with Gasteiger partial charge in [0.1, 0.15) is 12.2 Å². The summed E-state index contributed by atoms with van der Waals surface area (Å²) >= 11 is 0. The van der Waals surface area contributed by atoms with E-state index >= 15 is 0 Å². The Morgan fingerprint density at radius 3 is 2.93 bits per heavy atom. The van der Waals surface area contributed by atoms with Gasteiger partial charge in [-0.05, 0) is 42.3 Å². The lowest BCUT2D eigenvalue weighted by atomic mass is 9.96. The molecule has 30 heavy (non-hydrogen) atoms. The summed E-state index contributed by atoms with van der Waals surface area (Å²) < 4.78 is 0. The third-order valence-electron chi connectivity index (χ3n) is 6.04. The highest BCUT2D eigenvalue weighted by Crippen LogP contribution is 2.43. The van der Waals surface area contributed by atoms with E-state index in [2.05, 4.69) is 15.2 Å². The van der Waals surface area contributed by atoms with E-state index in [4.69, 9.17) is 10.8 Å². The van der Waals surface area contributed by atoms with Crippen LogP contribution in [0.25, 0.3) is 10.9 Å². The van der Waals surface area contributed by atoms with Gasteiger partial charge in [0.15, 0.2) is 0 Å². The van der Waals surface area contributed by atoms with Crippen LogP contribution < -0.4 is 16.0 Å². The first-order valence-electron chi connectivity index (χ1n) is 9.94. The Bertz CT molecular complexity index is 1170. The van der Waals surface area contributed by atoms with Gasteiger partial charge in [-0.15, -0.1) is 0 Å². The van der Waals surface area contributed by atoms with Crippen LogP contribution >= 0.6 is 0 Å². The average molecular weight is 405 g/mol. The van der Waals surface area contributed by atoms with Crippen LogP contribution in [0.4, 0.5) is 11.4 Å². The molecule has 0 saturated carbocycles. The molecule has 8 nitrogen and oxygen atoms in total. The van der Waals surface area contributed by atoms with Gasteiger partial charge < -0.3 is 30.9 Å². The molecule has 2 aliphatic heterocycles. The van der Waals surface area contributed by atoms with E-state index < -0.39 is 18.6 Å². The molecule has 0 bridgehead atoms. The van der Waals surface area contributed by atoms with Gasteiger partial charge in [-0.3, -0.25) is 9.59 Å². The number of carbonyl (C=O) groups is 2. The Hall–Kier alpha value is -3.36. The van der Waals surface area contributed by atoms with E-state index in [1.165, 1.54) is 0 Å². The molecule has 0 fully saturated rings. The van der Waals surface area contributed by atoms with E-state index in [1.807, 2.05) is 48.3 Å². The highest BCUT2D eigenvalue weighted by Gasteiger charge is 2.41. The number of nitrogens with zero attached hydrogens (tertiary/aromatic N) is 2. The third-order valence-corrected chi connectivity index (χ3v) is 6.04. The highest BCUT2D eigenvalue weighted by atomic mass is 16.3. The third kappa shape index (κ3) is 2.68. The van der Waals surface area contributed by atoms with Crippen molar-refractivity contribution in [3.63, 3.8) is 0 Å². The molecule has 3 aromatic rings. The zero-order valence-corrected chi connectivity index (χ0v) is 16.6. The number of hydrogen-bond acceptors (Lipinski definition) is 5. The van der Waals surface area contributed by atoms with Gasteiger partial charge in [-0.2, -0.15) is 0 Å². The zero-order chi connectivity index (χ0) is 21.0. The van der Waals surface area contributed by atoms with E-state index in [9.17, 15) is 9.59 Å². The normalized spacial score (nSPS) is 18.6. The first-order valence-corrected chi connectivity index (χ1v) is 9.94. The Morgan fingerprint density at radius 2 is 2.13 bits per heavy atom. The summed E-state index contributed by atoms with van der Waals surface area (Å²) in [5.41, 5.74) is 11.0. The molecule has 2 amide bonds. The predicted octanol–water partition coefficient (Wildman–Crippen LogP) is 1.57. The molecule has 5 rings (SSSR count). The summed E-state index contributed by atoms with van der Waals surface area (Å²) in [7, 11) is 2.01. The summed E-state index contributed by atoms with van der Waals surface area (Å²) in [4.78, 5) is 32.7. The molecule has 154 valence electrons. The van der Waals surface area contributed by atoms with E-state index in [0.29, 0.717) is 12.2 Å². The largest absolute Gasteiger partial charge is 0.394 e. The number of hydrogen-bond donors (Lipinski definition) is 4. The molecule has 0 spiro atoms. The summed E-state index contributed by atoms with van der Waals surface area (Å²) in [5, 5.41) is 12.8. The molecular formula is C22H23N5O3. The van der Waals surface area contributed by atoms with E-state index in [1.54, 1.807) is 6.07 Å². The smallest absolute Gasteiger partial charge is 0.257 e. The Morgan fingerprint density at radius 1 is 1.33 bits per heavy atom. The second-order valence-electron chi connectivity index (χ2n) is 7.81. The number of H-pyrrole nitrogens is 1. The van der Waals surface area contributed by atoms with Crippen molar-refractivity contribution in [3.8, 4) is 0 Å². The number of aromatic nitrogens is 1. The van der Waals surface area contributed by atoms with Crippen LogP contribution in [0.1, 0.15) is 27.8 Å². The van der Waals surface area contributed by atoms with Gasteiger partial charge in [0, 0.05) is 30.2 Å². The van der Waals surface area contributed by atoms with Crippen molar-refractivity contribution in [2.24, 2.45) is 5.73 Å². The molecular weight excluding hydrogens is 382 g/mol. The maximum Gasteiger partial charge on any atom is 0.257 e. The standard InChI is InChI=1S/C22H23N5O3/c1-26-18-5-3-2-4-14(18)22(30)27-9-8-13-15-10-12(24-20(29)16(23)11-28)6-7-17(15)25-19(13)21(26)27/h2-7,10,16,21,25,28H,8-9,11,23H2,1H3,(H,24,29). The number of aromatic amines is 1. The van der Waals surface area contributed by atoms with Crippen molar-refractivity contribution < 1.29 is 14.7 Å². The number of fused-ring (bicyclic) bond motifs is 6. The fourth-order valence-corrected chi connectivity index (χ4v) is 4.53. The zero-order valence-electron chi connectivity index (χ0n) is 16.6. The van der Waals surface area contributed by atoms with Crippen LogP contribution in [0.2, 0.25) is 0 Å². The van der Waals surface area contributed by atoms with Gasteiger partial charge in [0.25, 0.3) is 5.91 Å². The fraction of sp³-hybridized carbons (Fsp3) is 0.273. The number of anilines is 2. The van der Waals surface area contributed by atoms with Crippen LogP contribution in [-0.4, -0.2) is 53.0 Å². The molecule has 3 heterocycles. The van der Waals surface area contributed by atoms with Crippen molar-refractivity contribution in [2.75, 3.05) is 30.4 Å². The van der Waals surface area contributed by atoms with E-state index in [0.717, 1.165) is 39.8 Å². The molecule has 0 radical (unpaired) electrons. The SMILES string of the molecule is CN1c2ccccc2C(=O)N2CCc3c([nH]c4ccc(NC(=O)C(N)CO)cc34)C21. The number of para-hydroxylation sites is 1. The number of rotatable bonds is 3. The van der Waals surface area contributed by atoms with Crippen LogP contribution in [0.15, 0.2) is 42.5 Å². The minimum Gasteiger partial charge on any atom is -0.394 e. The maximum atomic E-state index is 13.1. The highest BCUT2D eigenvalue weighted by molar-refractivity contribution is 6.03.